The van der Waals surface area contributed by atoms with Crippen LogP contribution < -0.4 is 10.5 Å². The van der Waals surface area contributed by atoms with Crippen molar-refractivity contribution in [2.45, 2.75) is 31.7 Å². The van der Waals surface area contributed by atoms with Gasteiger partial charge in [-0.1, -0.05) is 0 Å². The van der Waals surface area contributed by atoms with E-state index in [9.17, 15) is 9.59 Å². The van der Waals surface area contributed by atoms with Crippen LogP contribution in [0.1, 0.15) is 25.7 Å². The number of aromatic amines is 1. The molecule has 1 atom stereocenters. The van der Waals surface area contributed by atoms with Crippen LogP contribution in [0.2, 0.25) is 0 Å². The van der Waals surface area contributed by atoms with Gasteiger partial charge in [0, 0.05) is 18.7 Å². The van der Waals surface area contributed by atoms with Crippen molar-refractivity contribution in [3.63, 3.8) is 0 Å². The van der Waals surface area contributed by atoms with Crippen LogP contribution in [-0.2, 0) is 9.53 Å². The normalized spacial score (nSPS) is 19.6. The fourth-order valence-electron chi connectivity index (χ4n) is 2.31. The number of hydrogen-bond donors (Lipinski definition) is 1. The van der Waals surface area contributed by atoms with Gasteiger partial charge in [-0.2, -0.15) is 0 Å². The molecule has 0 amide bonds. The minimum atomic E-state index is -0.225. The average Bonchev–Trinajstić information content (AvgIpc) is 2.39. The Morgan fingerprint density at radius 3 is 3.17 bits per heavy atom. The summed E-state index contributed by atoms with van der Waals surface area (Å²) in [6, 6.07) is 1.54. The lowest BCUT2D eigenvalue weighted by Gasteiger charge is -2.35. The molecule has 1 unspecified atom stereocenters. The van der Waals surface area contributed by atoms with Gasteiger partial charge in [0.1, 0.15) is 5.82 Å². The summed E-state index contributed by atoms with van der Waals surface area (Å²) in [6.45, 7) is 0.818. The monoisotopic (exact) mass is 251 g/mol. The number of carbonyl (C=O) groups excluding carboxylic acids is 1. The van der Waals surface area contributed by atoms with E-state index in [4.69, 9.17) is 4.74 Å². The van der Waals surface area contributed by atoms with Crippen molar-refractivity contribution in [3.8, 4) is 0 Å². The second-order valence-corrected chi connectivity index (χ2v) is 4.39. The number of hydrogen-bond acceptors (Lipinski definition) is 5. The van der Waals surface area contributed by atoms with E-state index in [1.165, 1.54) is 19.5 Å². The summed E-state index contributed by atoms with van der Waals surface area (Å²) >= 11 is 0. The Balaban J connectivity index is 2.17. The zero-order chi connectivity index (χ0) is 13.0. The van der Waals surface area contributed by atoms with E-state index in [-0.39, 0.29) is 17.6 Å². The molecule has 0 bridgehead atoms. The van der Waals surface area contributed by atoms with Crippen molar-refractivity contribution in [3.05, 3.63) is 22.7 Å². The topological polar surface area (TPSA) is 75.3 Å². The van der Waals surface area contributed by atoms with Crippen molar-refractivity contribution < 1.29 is 9.53 Å². The highest BCUT2D eigenvalue weighted by Gasteiger charge is 2.26. The van der Waals surface area contributed by atoms with E-state index in [1.807, 2.05) is 4.90 Å². The average molecular weight is 251 g/mol. The molecule has 1 aliphatic heterocycles. The summed E-state index contributed by atoms with van der Waals surface area (Å²) in [6.07, 6.45) is 4.78. The summed E-state index contributed by atoms with van der Waals surface area (Å²) in [5.41, 5.74) is -0.178. The Labute approximate surface area is 105 Å². The molecule has 1 saturated heterocycles. The van der Waals surface area contributed by atoms with Crippen LogP contribution in [0.3, 0.4) is 0 Å². The molecule has 1 fully saturated rings. The molecule has 0 radical (unpaired) electrons. The van der Waals surface area contributed by atoms with Crippen LogP contribution >= 0.6 is 0 Å². The van der Waals surface area contributed by atoms with E-state index < -0.39 is 0 Å². The molecule has 98 valence electrons. The Bertz CT molecular complexity index is 472. The lowest BCUT2D eigenvalue weighted by atomic mass is 9.99. The van der Waals surface area contributed by atoms with Crippen molar-refractivity contribution in [1.29, 1.82) is 0 Å². The van der Waals surface area contributed by atoms with Gasteiger partial charge in [-0.05, 0) is 19.3 Å². The van der Waals surface area contributed by atoms with Gasteiger partial charge in [-0.3, -0.25) is 9.59 Å². The highest BCUT2D eigenvalue weighted by atomic mass is 16.5. The van der Waals surface area contributed by atoms with Crippen molar-refractivity contribution >= 4 is 11.8 Å². The second kappa shape index (κ2) is 5.66. The van der Waals surface area contributed by atoms with Gasteiger partial charge in [0.05, 0.1) is 19.9 Å². The summed E-state index contributed by atoms with van der Waals surface area (Å²) in [5, 5.41) is 0. The molecule has 18 heavy (non-hydrogen) atoms. The number of piperidine rings is 1. The van der Waals surface area contributed by atoms with Gasteiger partial charge < -0.3 is 14.6 Å². The van der Waals surface area contributed by atoms with Gasteiger partial charge in [0.2, 0.25) is 0 Å². The van der Waals surface area contributed by atoms with Gasteiger partial charge in [0.25, 0.3) is 5.56 Å². The van der Waals surface area contributed by atoms with Gasteiger partial charge in [-0.15, -0.1) is 0 Å². The number of nitrogens with zero attached hydrogens (tertiary/aromatic N) is 2. The minimum absolute atomic E-state index is 0.0699. The van der Waals surface area contributed by atoms with Crippen LogP contribution in [0.4, 0.5) is 5.82 Å². The summed E-state index contributed by atoms with van der Waals surface area (Å²) < 4.78 is 4.71. The first-order chi connectivity index (χ1) is 8.70. The Morgan fingerprint density at radius 1 is 1.61 bits per heavy atom. The number of rotatable bonds is 3. The van der Waals surface area contributed by atoms with Crippen molar-refractivity contribution in [2.75, 3.05) is 18.6 Å². The highest BCUT2D eigenvalue weighted by molar-refractivity contribution is 5.70. The fourth-order valence-corrected chi connectivity index (χ4v) is 2.31. The summed E-state index contributed by atoms with van der Waals surface area (Å²) in [7, 11) is 1.39. The van der Waals surface area contributed by atoms with Crippen molar-refractivity contribution in [1.82, 2.24) is 9.97 Å². The molecule has 1 aliphatic rings. The van der Waals surface area contributed by atoms with E-state index in [0.29, 0.717) is 12.2 Å². The molecule has 1 N–H and O–H groups in total. The number of nitrogens with one attached hydrogen (secondary N) is 1. The molecule has 0 aliphatic carbocycles. The molecule has 1 aromatic heterocycles. The molecule has 0 saturated carbocycles. The number of esters is 1. The van der Waals surface area contributed by atoms with Crippen LogP contribution in [0, 0.1) is 0 Å². The highest BCUT2D eigenvalue weighted by Crippen LogP contribution is 2.24. The third-order valence-corrected chi connectivity index (χ3v) is 3.22. The molecule has 2 heterocycles. The van der Waals surface area contributed by atoms with E-state index in [0.717, 1.165) is 25.8 Å². The lowest BCUT2D eigenvalue weighted by Crippen LogP contribution is -2.42. The first kappa shape index (κ1) is 12.6. The van der Waals surface area contributed by atoms with Crippen LogP contribution in [0.5, 0.6) is 0 Å². The zero-order valence-corrected chi connectivity index (χ0v) is 10.4. The molecule has 0 aromatic carbocycles. The molecule has 6 nitrogen and oxygen atoms in total. The predicted molar refractivity (Wildman–Crippen MR) is 66.5 cm³/mol. The Kier molecular flexibility index (Phi) is 3.96. The first-order valence-corrected chi connectivity index (χ1v) is 6.09. The van der Waals surface area contributed by atoms with E-state index in [1.54, 1.807) is 0 Å². The Hall–Kier alpha value is -1.85. The molecule has 2 rings (SSSR count). The maximum absolute atomic E-state index is 11.4. The van der Waals surface area contributed by atoms with E-state index in [2.05, 4.69) is 9.97 Å². The number of H-pyrrole nitrogens is 1. The maximum Gasteiger partial charge on any atom is 0.307 e. The maximum atomic E-state index is 11.4. The summed E-state index contributed by atoms with van der Waals surface area (Å²) in [5.74, 6) is 0.407. The predicted octanol–water partition coefficient (Wildman–Crippen LogP) is 0.692. The number of carbonyl (C=O) groups is 1. The minimum Gasteiger partial charge on any atom is -0.469 e. The second-order valence-electron chi connectivity index (χ2n) is 4.39. The van der Waals surface area contributed by atoms with Crippen molar-refractivity contribution in [2.24, 2.45) is 0 Å². The third-order valence-electron chi connectivity index (χ3n) is 3.22. The molecule has 0 spiro atoms. The Morgan fingerprint density at radius 2 is 2.44 bits per heavy atom. The SMILES string of the molecule is COC(=O)CC1CCCCN1c1cc(=O)[nH]cn1. The lowest BCUT2D eigenvalue weighted by molar-refractivity contribution is -0.141. The number of aromatic nitrogens is 2. The van der Waals surface area contributed by atoms with Gasteiger partial charge in [0.15, 0.2) is 0 Å². The quantitative estimate of drug-likeness (QED) is 0.800. The van der Waals surface area contributed by atoms with E-state index >= 15 is 0 Å². The van der Waals surface area contributed by atoms with Crippen LogP contribution in [0.15, 0.2) is 17.2 Å². The third kappa shape index (κ3) is 2.88. The number of methoxy groups -OCH3 is 1. The van der Waals surface area contributed by atoms with Crippen LogP contribution in [-0.4, -0.2) is 35.6 Å². The standard InChI is InChI=1S/C12H17N3O3/c1-18-12(17)6-9-4-2-3-5-15(9)10-7-11(16)14-8-13-10/h7-9H,2-6H2,1H3,(H,13,14,16). The zero-order valence-electron chi connectivity index (χ0n) is 10.4. The van der Waals surface area contributed by atoms with Gasteiger partial charge >= 0.3 is 5.97 Å². The first-order valence-electron chi connectivity index (χ1n) is 6.09. The molecule has 1 aromatic rings. The molecular weight excluding hydrogens is 234 g/mol. The van der Waals surface area contributed by atoms with Gasteiger partial charge in [-0.25, -0.2) is 4.98 Å². The smallest absolute Gasteiger partial charge is 0.307 e. The fraction of sp³-hybridized carbons (Fsp3) is 0.583. The molecular formula is C12H17N3O3. The number of ether oxygens (including phenoxy) is 1. The summed E-state index contributed by atoms with van der Waals surface area (Å²) in [4.78, 5) is 31.4. The number of anilines is 1. The van der Waals surface area contributed by atoms with Crippen LogP contribution in [0.25, 0.3) is 0 Å². The largest absolute Gasteiger partial charge is 0.469 e. The molecule has 6 heteroatoms.